The molecule has 2 N–H and O–H groups in total. The summed E-state index contributed by atoms with van der Waals surface area (Å²) in [4.78, 5) is 28.0. The number of halogens is 1. The Labute approximate surface area is 162 Å². The molecule has 148 valence electrons. The van der Waals surface area contributed by atoms with Crippen LogP contribution in [0.3, 0.4) is 0 Å². The average molecular weight is 387 g/mol. The number of hydrogen-bond acceptors (Lipinski definition) is 5. The lowest BCUT2D eigenvalue weighted by Gasteiger charge is -2.35. The number of amides is 2. The quantitative estimate of drug-likeness (QED) is 0.788. The van der Waals surface area contributed by atoms with Gasteiger partial charge in [0.05, 0.1) is 23.8 Å². The SMILES string of the molecule is CN(C)C(=O)c1ccc2c(c1)N(C)[C@H](CC(=O)Nc1cc(F)ccc1O)CO2. The molecule has 0 aliphatic carbocycles. The van der Waals surface area contributed by atoms with Gasteiger partial charge in [-0.05, 0) is 30.3 Å². The summed E-state index contributed by atoms with van der Waals surface area (Å²) >= 11 is 0. The van der Waals surface area contributed by atoms with Crippen LogP contribution in [0, 0.1) is 5.82 Å². The summed E-state index contributed by atoms with van der Waals surface area (Å²) < 4.78 is 19.1. The smallest absolute Gasteiger partial charge is 0.253 e. The molecular formula is C20H22FN3O4. The third-order valence-electron chi connectivity index (χ3n) is 4.62. The number of aromatic hydroxyl groups is 1. The molecule has 1 aliphatic rings. The number of fused-ring (bicyclic) bond motifs is 1. The zero-order valence-corrected chi connectivity index (χ0v) is 15.9. The van der Waals surface area contributed by atoms with E-state index in [1.54, 1.807) is 32.3 Å². The highest BCUT2D eigenvalue weighted by molar-refractivity contribution is 5.96. The van der Waals surface area contributed by atoms with Crippen molar-refractivity contribution in [1.82, 2.24) is 4.90 Å². The van der Waals surface area contributed by atoms with Gasteiger partial charge in [-0.2, -0.15) is 0 Å². The first-order valence-electron chi connectivity index (χ1n) is 8.76. The van der Waals surface area contributed by atoms with Gasteiger partial charge < -0.3 is 25.0 Å². The van der Waals surface area contributed by atoms with Gasteiger partial charge in [-0.1, -0.05) is 0 Å². The minimum Gasteiger partial charge on any atom is -0.506 e. The highest BCUT2D eigenvalue weighted by atomic mass is 19.1. The molecule has 2 aromatic rings. The average Bonchev–Trinajstić information content (AvgIpc) is 2.66. The molecule has 0 bridgehead atoms. The van der Waals surface area contributed by atoms with Crippen molar-refractivity contribution in [3.8, 4) is 11.5 Å². The summed E-state index contributed by atoms with van der Waals surface area (Å²) in [6, 6.07) is 8.24. The Bertz CT molecular complexity index is 916. The molecule has 7 nitrogen and oxygen atoms in total. The topological polar surface area (TPSA) is 82.1 Å². The van der Waals surface area contributed by atoms with Gasteiger partial charge in [-0.25, -0.2) is 4.39 Å². The molecule has 1 atom stereocenters. The number of benzene rings is 2. The molecule has 0 fully saturated rings. The zero-order chi connectivity index (χ0) is 20.4. The minimum atomic E-state index is -0.557. The molecule has 1 aliphatic heterocycles. The monoisotopic (exact) mass is 387 g/mol. The van der Waals surface area contributed by atoms with Crippen molar-refractivity contribution < 1.29 is 23.8 Å². The Balaban J connectivity index is 1.73. The predicted molar refractivity (Wildman–Crippen MR) is 103 cm³/mol. The summed E-state index contributed by atoms with van der Waals surface area (Å²) in [6.07, 6.45) is 0.0672. The van der Waals surface area contributed by atoms with Crippen LogP contribution in [0.5, 0.6) is 11.5 Å². The van der Waals surface area contributed by atoms with E-state index >= 15 is 0 Å². The van der Waals surface area contributed by atoms with Crippen LogP contribution in [0.25, 0.3) is 0 Å². The maximum Gasteiger partial charge on any atom is 0.253 e. The molecule has 0 spiro atoms. The highest BCUT2D eigenvalue weighted by Gasteiger charge is 2.28. The van der Waals surface area contributed by atoms with E-state index < -0.39 is 5.82 Å². The summed E-state index contributed by atoms with van der Waals surface area (Å²) in [6.45, 7) is 0.285. The number of rotatable bonds is 4. The molecule has 3 rings (SSSR count). The fourth-order valence-corrected chi connectivity index (χ4v) is 3.02. The molecule has 0 radical (unpaired) electrons. The summed E-state index contributed by atoms with van der Waals surface area (Å²) in [5.74, 6) is -0.640. The van der Waals surface area contributed by atoms with Gasteiger partial charge in [-0.15, -0.1) is 0 Å². The van der Waals surface area contributed by atoms with Crippen LogP contribution in [0.4, 0.5) is 15.8 Å². The number of likely N-dealkylation sites (N-methyl/N-ethyl adjacent to an activating group) is 1. The summed E-state index contributed by atoms with van der Waals surface area (Å²) in [7, 11) is 5.18. The van der Waals surface area contributed by atoms with E-state index in [0.717, 1.165) is 12.1 Å². The number of nitrogens with one attached hydrogen (secondary N) is 1. The van der Waals surface area contributed by atoms with Crippen LogP contribution < -0.4 is 15.0 Å². The van der Waals surface area contributed by atoms with E-state index in [0.29, 0.717) is 17.0 Å². The molecule has 0 saturated heterocycles. The highest BCUT2D eigenvalue weighted by Crippen LogP contribution is 2.35. The van der Waals surface area contributed by atoms with Crippen LogP contribution in [-0.4, -0.2) is 55.6 Å². The van der Waals surface area contributed by atoms with Crippen molar-refractivity contribution in [3.63, 3.8) is 0 Å². The second kappa shape index (κ2) is 7.75. The third kappa shape index (κ3) is 4.00. The van der Waals surface area contributed by atoms with Crippen LogP contribution in [0.2, 0.25) is 0 Å². The van der Waals surface area contributed by atoms with E-state index in [2.05, 4.69) is 5.32 Å². The second-order valence-corrected chi connectivity index (χ2v) is 6.87. The number of nitrogens with zero attached hydrogens (tertiary/aromatic N) is 2. The lowest BCUT2D eigenvalue weighted by atomic mass is 10.1. The van der Waals surface area contributed by atoms with E-state index in [1.807, 2.05) is 11.9 Å². The van der Waals surface area contributed by atoms with Gasteiger partial charge in [0.2, 0.25) is 5.91 Å². The van der Waals surface area contributed by atoms with Gasteiger partial charge in [0.25, 0.3) is 5.91 Å². The van der Waals surface area contributed by atoms with Crippen LogP contribution in [0.15, 0.2) is 36.4 Å². The minimum absolute atomic E-state index is 0.0173. The second-order valence-electron chi connectivity index (χ2n) is 6.87. The molecular weight excluding hydrogens is 365 g/mol. The van der Waals surface area contributed by atoms with Crippen molar-refractivity contribution in [1.29, 1.82) is 0 Å². The van der Waals surface area contributed by atoms with Crippen molar-refractivity contribution in [3.05, 3.63) is 47.8 Å². The van der Waals surface area contributed by atoms with E-state index in [4.69, 9.17) is 4.74 Å². The number of hydrogen-bond donors (Lipinski definition) is 2. The predicted octanol–water partition coefficient (Wildman–Crippen LogP) is 2.46. The first kappa shape index (κ1) is 19.5. The van der Waals surface area contributed by atoms with Crippen molar-refractivity contribution >= 4 is 23.2 Å². The van der Waals surface area contributed by atoms with Gasteiger partial charge in [0.1, 0.15) is 23.9 Å². The first-order chi connectivity index (χ1) is 13.3. The number of carbonyl (C=O) groups excluding carboxylic acids is 2. The fourth-order valence-electron chi connectivity index (χ4n) is 3.02. The molecule has 0 unspecified atom stereocenters. The fraction of sp³-hybridized carbons (Fsp3) is 0.300. The van der Waals surface area contributed by atoms with E-state index in [9.17, 15) is 19.1 Å². The molecule has 28 heavy (non-hydrogen) atoms. The third-order valence-corrected chi connectivity index (χ3v) is 4.62. The summed E-state index contributed by atoms with van der Waals surface area (Å²) in [5, 5.41) is 12.3. The van der Waals surface area contributed by atoms with Crippen LogP contribution in [-0.2, 0) is 4.79 Å². The van der Waals surface area contributed by atoms with Crippen molar-refractivity contribution in [2.45, 2.75) is 12.5 Å². The Kier molecular flexibility index (Phi) is 5.39. The van der Waals surface area contributed by atoms with Gasteiger partial charge >= 0.3 is 0 Å². The number of carbonyl (C=O) groups is 2. The Morgan fingerprint density at radius 3 is 2.75 bits per heavy atom. The van der Waals surface area contributed by atoms with Crippen LogP contribution >= 0.6 is 0 Å². The zero-order valence-electron chi connectivity index (χ0n) is 15.9. The van der Waals surface area contributed by atoms with Crippen LogP contribution in [0.1, 0.15) is 16.8 Å². The van der Waals surface area contributed by atoms with Crippen molar-refractivity contribution in [2.24, 2.45) is 0 Å². The van der Waals surface area contributed by atoms with Gasteiger partial charge in [0, 0.05) is 32.8 Å². The number of anilines is 2. The molecule has 1 heterocycles. The Morgan fingerprint density at radius 2 is 2.04 bits per heavy atom. The molecule has 2 aromatic carbocycles. The van der Waals surface area contributed by atoms with Gasteiger partial charge in [-0.3, -0.25) is 9.59 Å². The Morgan fingerprint density at radius 1 is 1.29 bits per heavy atom. The molecule has 8 heteroatoms. The standard InChI is InChI=1S/C20H22FN3O4/c1-23(2)20(27)12-4-7-18-16(8-12)24(3)14(11-28-18)10-19(26)22-15-9-13(21)5-6-17(15)25/h4-9,14,25H,10-11H2,1-3H3,(H,22,26)/t14-/m1/s1. The molecule has 0 saturated carbocycles. The lowest BCUT2D eigenvalue weighted by molar-refractivity contribution is -0.116. The maximum atomic E-state index is 13.3. The van der Waals surface area contributed by atoms with Gasteiger partial charge in [0.15, 0.2) is 0 Å². The lowest BCUT2D eigenvalue weighted by Crippen LogP contribution is -2.42. The molecule has 0 aromatic heterocycles. The van der Waals surface area contributed by atoms with E-state index in [-0.39, 0.29) is 42.3 Å². The Hall–Kier alpha value is -3.29. The van der Waals surface area contributed by atoms with Crippen molar-refractivity contribution in [2.75, 3.05) is 38.0 Å². The number of ether oxygens (including phenoxy) is 1. The maximum absolute atomic E-state index is 13.3. The van der Waals surface area contributed by atoms with E-state index in [1.165, 1.54) is 11.0 Å². The molecule has 2 amide bonds. The largest absolute Gasteiger partial charge is 0.506 e. The normalized spacial score (nSPS) is 15.4. The number of phenolic OH excluding ortho intramolecular Hbond substituents is 1. The first-order valence-corrected chi connectivity index (χ1v) is 8.76. The summed E-state index contributed by atoms with van der Waals surface area (Å²) in [5.41, 5.74) is 1.25. The number of phenols is 1.